The van der Waals surface area contributed by atoms with Crippen LogP contribution >= 0.6 is 26.3 Å². The first-order valence-corrected chi connectivity index (χ1v) is 14.6. The Balaban J connectivity index is 3.92. The minimum atomic E-state index is -3.10. The summed E-state index contributed by atoms with van der Waals surface area (Å²) in [7, 11) is -4.42. The highest BCUT2D eigenvalue weighted by Gasteiger charge is 2.66. The van der Waals surface area contributed by atoms with Gasteiger partial charge in [-0.2, -0.15) is 13.7 Å². The molecule has 0 aromatic rings. The number of hydrogen-bond acceptors (Lipinski definition) is 5. The fraction of sp³-hybridized carbons (Fsp3) is 0.900. The van der Waals surface area contributed by atoms with Crippen LogP contribution in [0.2, 0.25) is 0 Å². The zero-order valence-electron chi connectivity index (χ0n) is 21.8. The third-order valence-corrected chi connectivity index (χ3v) is 13.5. The quantitative estimate of drug-likeness (QED) is 0.314. The van der Waals surface area contributed by atoms with E-state index in [0.717, 1.165) is 0 Å². The van der Waals surface area contributed by atoms with Gasteiger partial charge in [-0.05, 0) is 90.0 Å². The molecule has 0 atom stereocenters. The Bertz CT molecular complexity index is 731. The van der Waals surface area contributed by atoms with Gasteiger partial charge in [0.05, 0.1) is 17.7 Å². The number of nitrogens with zero attached hydrogens (tertiary/aromatic N) is 4. The number of ether oxygens (including phenoxy) is 2. The van der Waals surface area contributed by atoms with E-state index in [4.69, 9.17) is 25.5 Å². The number of hydrazine groups is 1. The van der Waals surface area contributed by atoms with Crippen LogP contribution in [-0.2, 0) is 9.47 Å². The molecule has 1 rings (SSSR count). The van der Waals surface area contributed by atoms with Crippen LogP contribution in [0.1, 0.15) is 90.0 Å². The van der Waals surface area contributed by atoms with Crippen LogP contribution in [0.3, 0.4) is 0 Å². The van der Waals surface area contributed by atoms with Crippen LogP contribution in [0, 0.1) is 0 Å². The summed E-state index contributed by atoms with van der Waals surface area (Å²) in [5.74, 6) is 0. The van der Waals surface area contributed by atoms with Crippen molar-refractivity contribution < 1.29 is 19.1 Å². The number of rotatable bonds is 3. The molecule has 1 fully saturated rings. The third kappa shape index (κ3) is 6.73. The van der Waals surface area contributed by atoms with Gasteiger partial charge in [-0.1, -0.05) is 11.2 Å². The standard InChI is InChI=1S/C20H42ClN5O4P2/c1-14(2)29-16(27)22-24(17(28)30-15(3)4)32(23-18(5,6)7)25(19(8,9)10)31(21)26(32)20(11,12)13/h14-15H,1-13H3,(H,22,27). The molecule has 9 nitrogen and oxygen atoms in total. The van der Waals surface area contributed by atoms with E-state index < -0.39 is 50.0 Å². The van der Waals surface area contributed by atoms with Crippen molar-refractivity contribution in [1.29, 1.82) is 0 Å². The molecule has 1 heterocycles. The van der Waals surface area contributed by atoms with Crippen LogP contribution < -0.4 is 5.43 Å². The molecule has 0 aromatic heterocycles. The van der Waals surface area contributed by atoms with Crippen molar-refractivity contribution in [3.8, 4) is 0 Å². The number of nitrogens with one attached hydrogen (secondary N) is 1. The Morgan fingerprint density at radius 1 is 0.906 bits per heavy atom. The highest BCUT2D eigenvalue weighted by Crippen LogP contribution is 2.90. The summed E-state index contributed by atoms with van der Waals surface area (Å²) in [6.45, 7) is 25.0. The van der Waals surface area contributed by atoms with Gasteiger partial charge in [0.25, 0.3) is 0 Å². The van der Waals surface area contributed by atoms with E-state index in [9.17, 15) is 9.59 Å². The predicted molar refractivity (Wildman–Crippen MR) is 133 cm³/mol. The smallest absolute Gasteiger partial charge is 0.435 e. The average Bonchev–Trinajstić information content (AvgIpc) is 2.45. The van der Waals surface area contributed by atoms with Crippen molar-refractivity contribution in [2.75, 3.05) is 0 Å². The molecule has 1 saturated heterocycles. The SMILES string of the molecule is CC(C)OC(=O)NN(C(=O)OC(C)C)P1(=NC(C)(C)C)N(C(C)(C)C)P(Cl)N1C(C)(C)C. The molecule has 1 aliphatic rings. The fourth-order valence-electron chi connectivity index (χ4n) is 3.13. The molecule has 1 N–H and O–H groups in total. The molecule has 188 valence electrons. The first-order valence-electron chi connectivity index (χ1n) is 10.8. The molecule has 2 amide bonds. The van der Waals surface area contributed by atoms with E-state index in [-0.39, 0.29) is 6.10 Å². The van der Waals surface area contributed by atoms with Gasteiger partial charge < -0.3 is 9.47 Å². The lowest BCUT2D eigenvalue weighted by molar-refractivity contribution is 0.0667. The molecular formula is C20H42ClN5O4P2. The van der Waals surface area contributed by atoms with Gasteiger partial charge in [0.15, 0.2) is 7.58 Å². The van der Waals surface area contributed by atoms with Gasteiger partial charge in [0, 0.05) is 11.1 Å². The van der Waals surface area contributed by atoms with E-state index in [1.165, 1.54) is 4.78 Å². The summed E-state index contributed by atoms with van der Waals surface area (Å²) >= 11 is 7.00. The maximum Gasteiger partial charge on any atom is 0.435 e. The molecule has 0 spiro atoms. The first-order chi connectivity index (χ1) is 14.1. The normalized spacial score (nSPS) is 23.1. The van der Waals surface area contributed by atoms with Crippen molar-refractivity contribution in [1.82, 2.24) is 19.1 Å². The van der Waals surface area contributed by atoms with Gasteiger partial charge in [0.1, 0.15) is 0 Å². The van der Waals surface area contributed by atoms with Crippen LogP contribution in [0.25, 0.3) is 0 Å². The molecule has 0 aromatic carbocycles. The summed E-state index contributed by atoms with van der Waals surface area (Å²) < 4.78 is 21.4. The summed E-state index contributed by atoms with van der Waals surface area (Å²) in [5, 5.41) is 0. The van der Waals surface area contributed by atoms with Crippen LogP contribution in [0.4, 0.5) is 9.59 Å². The minimum absolute atomic E-state index is 0.365. The molecule has 0 saturated carbocycles. The summed E-state index contributed by atoms with van der Waals surface area (Å²) in [5.41, 5.74) is 1.22. The molecule has 1 aliphatic heterocycles. The van der Waals surface area contributed by atoms with Crippen molar-refractivity contribution in [2.24, 2.45) is 4.74 Å². The van der Waals surface area contributed by atoms with Gasteiger partial charge in [-0.25, -0.2) is 19.8 Å². The zero-order valence-corrected chi connectivity index (χ0v) is 24.4. The lowest BCUT2D eigenvalue weighted by Gasteiger charge is -2.66. The monoisotopic (exact) mass is 513 g/mol. The van der Waals surface area contributed by atoms with E-state index in [2.05, 4.69) is 14.3 Å². The van der Waals surface area contributed by atoms with Gasteiger partial charge >= 0.3 is 12.2 Å². The van der Waals surface area contributed by atoms with Crippen molar-refractivity contribution >= 4 is 38.5 Å². The van der Waals surface area contributed by atoms with E-state index >= 15 is 0 Å². The molecule has 0 radical (unpaired) electrons. The van der Waals surface area contributed by atoms with E-state index in [1.807, 2.05) is 62.3 Å². The number of amides is 2. The van der Waals surface area contributed by atoms with Crippen LogP contribution in [0.15, 0.2) is 4.74 Å². The molecule has 0 unspecified atom stereocenters. The Kier molecular flexibility index (Phi) is 9.16. The van der Waals surface area contributed by atoms with Gasteiger partial charge in [-0.3, -0.25) is 0 Å². The maximum absolute atomic E-state index is 13.5. The van der Waals surface area contributed by atoms with Crippen molar-refractivity contribution in [3.05, 3.63) is 0 Å². The molecular weight excluding hydrogens is 472 g/mol. The highest BCUT2D eigenvalue weighted by molar-refractivity contribution is 7.98. The van der Waals surface area contributed by atoms with Crippen LogP contribution in [-0.4, -0.2) is 54.7 Å². The Morgan fingerprint density at radius 2 is 1.31 bits per heavy atom. The Morgan fingerprint density at radius 3 is 1.62 bits per heavy atom. The minimum Gasteiger partial charge on any atom is -0.446 e. The maximum atomic E-state index is 13.5. The molecule has 0 bridgehead atoms. The summed E-state index contributed by atoms with van der Waals surface area (Å²) in [6.07, 6.45) is -2.22. The fourth-order valence-corrected chi connectivity index (χ4v) is 13.7. The second kappa shape index (κ2) is 9.95. The third-order valence-electron chi connectivity index (χ3n) is 3.77. The molecule has 12 heteroatoms. The number of carbonyl (C=O) groups excluding carboxylic acids is 2. The number of carbonyl (C=O) groups is 2. The van der Waals surface area contributed by atoms with Crippen LogP contribution in [0.5, 0.6) is 0 Å². The summed E-state index contributed by atoms with van der Waals surface area (Å²) in [6, 6.07) is 0. The second-order valence-electron chi connectivity index (χ2n) is 11.3. The molecule has 0 aliphatic carbocycles. The van der Waals surface area contributed by atoms with Crippen molar-refractivity contribution in [2.45, 2.75) is 119 Å². The zero-order chi connectivity index (χ0) is 25.4. The lowest BCUT2D eigenvalue weighted by atomic mass is 10.1. The van der Waals surface area contributed by atoms with Gasteiger partial charge in [0.2, 0.25) is 7.51 Å². The molecule has 32 heavy (non-hydrogen) atoms. The van der Waals surface area contributed by atoms with Gasteiger partial charge in [-0.15, -0.1) is 0 Å². The largest absolute Gasteiger partial charge is 0.446 e. The second-order valence-corrected chi connectivity index (χ2v) is 16.6. The highest BCUT2D eigenvalue weighted by atomic mass is 35.7. The Labute approximate surface area is 200 Å². The predicted octanol–water partition coefficient (Wildman–Crippen LogP) is 7.31. The number of halogens is 1. The van der Waals surface area contributed by atoms with E-state index in [0.29, 0.717) is 0 Å². The topological polar surface area (TPSA) is 86.7 Å². The Hall–Kier alpha value is -0.590. The summed E-state index contributed by atoms with van der Waals surface area (Å²) in [4.78, 5) is 26.2. The van der Waals surface area contributed by atoms with E-state index in [1.54, 1.807) is 27.7 Å². The van der Waals surface area contributed by atoms with Crippen molar-refractivity contribution in [3.63, 3.8) is 0 Å². The number of hydrogen-bond donors (Lipinski definition) is 1. The first kappa shape index (κ1) is 29.4. The average molecular weight is 514 g/mol. The lowest BCUT2D eigenvalue weighted by Crippen LogP contribution is -2.62.